The highest BCUT2D eigenvalue weighted by Crippen LogP contribution is 2.32. The van der Waals surface area contributed by atoms with Crippen LogP contribution in [0.4, 0.5) is 5.82 Å². The molecular weight excluding hydrogens is 404 g/mol. The minimum Gasteiger partial charge on any atom is -0.462 e. The minimum atomic E-state index is -0.538. The number of hydrogen-bond donors (Lipinski definition) is 1. The molecule has 154 valence electrons. The minimum absolute atomic E-state index is 0.0569. The molecule has 4 heterocycles. The lowest BCUT2D eigenvalue weighted by molar-refractivity contribution is -0.116. The molecule has 4 aromatic heterocycles. The molecule has 0 bridgehead atoms. The Labute approximate surface area is 176 Å². The number of anilines is 1. The third kappa shape index (κ3) is 3.57. The molecule has 0 aliphatic carbocycles. The van der Waals surface area contributed by atoms with Crippen molar-refractivity contribution in [1.82, 2.24) is 24.5 Å². The number of rotatable bonds is 6. The predicted octanol–water partition coefficient (Wildman–Crippen LogP) is 3.02. The van der Waals surface area contributed by atoms with Crippen molar-refractivity contribution in [2.75, 3.05) is 11.9 Å². The van der Waals surface area contributed by atoms with Gasteiger partial charge in [-0.2, -0.15) is 10.2 Å². The molecular formula is C20H20N6O3S. The Kier molecular flexibility index (Phi) is 5.32. The Morgan fingerprint density at radius 3 is 2.87 bits per heavy atom. The molecule has 10 heteroatoms. The van der Waals surface area contributed by atoms with Crippen LogP contribution < -0.4 is 5.32 Å². The molecule has 30 heavy (non-hydrogen) atoms. The van der Waals surface area contributed by atoms with Gasteiger partial charge in [0.1, 0.15) is 17.9 Å². The van der Waals surface area contributed by atoms with E-state index in [1.54, 1.807) is 36.2 Å². The molecule has 0 aliphatic heterocycles. The fraction of sp³-hybridized carbons (Fsp3) is 0.250. The average molecular weight is 424 g/mol. The van der Waals surface area contributed by atoms with E-state index in [0.29, 0.717) is 5.65 Å². The number of esters is 1. The monoisotopic (exact) mass is 424 g/mol. The van der Waals surface area contributed by atoms with Crippen LogP contribution in [-0.4, -0.2) is 43.0 Å². The van der Waals surface area contributed by atoms with E-state index in [4.69, 9.17) is 4.74 Å². The van der Waals surface area contributed by atoms with Gasteiger partial charge in [-0.05, 0) is 31.4 Å². The van der Waals surface area contributed by atoms with Gasteiger partial charge < -0.3 is 10.1 Å². The molecule has 0 unspecified atom stereocenters. The Balaban J connectivity index is 1.62. The van der Waals surface area contributed by atoms with Crippen molar-refractivity contribution in [2.24, 2.45) is 7.05 Å². The lowest BCUT2D eigenvalue weighted by Crippen LogP contribution is -2.22. The average Bonchev–Trinajstić information content (AvgIpc) is 3.44. The van der Waals surface area contributed by atoms with Crippen LogP contribution in [0.25, 0.3) is 21.5 Å². The van der Waals surface area contributed by atoms with Gasteiger partial charge in [-0.3, -0.25) is 9.48 Å². The Morgan fingerprint density at radius 1 is 1.30 bits per heavy atom. The first kappa shape index (κ1) is 19.8. The first-order valence-corrected chi connectivity index (χ1v) is 10.2. The summed E-state index contributed by atoms with van der Waals surface area (Å²) in [7, 11) is 1.64. The zero-order chi connectivity index (χ0) is 21.3. The van der Waals surface area contributed by atoms with Crippen LogP contribution in [0.2, 0.25) is 0 Å². The number of nitrogens with one attached hydrogen (secondary N) is 1. The van der Waals surface area contributed by atoms with E-state index in [-0.39, 0.29) is 30.4 Å². The highest BCUT2D eigenvalue weighted by molar-refractivity contribution is 7.13. The van der Waals surface area contributed by atoms with Gasteiger partial charge in [0.15, 0.2) is 5.65 Å². The summed E-state index contributed by atoms with van der Waals surface area (Å²) in [6.07, 6.45) is 3.09. The van der Waals surface area contributed by atoms with Crippen molar-refractivity contribution in [2.45, 2.75) is 20.4 Å². The van der Waals surface area contributed by atoms with Crippen molar-refractivity contribution >= 4 is 40.1 Å². The highest BCUT2D eigenvalue weighted by Gasteiger charge is 2.21. The predicted molar refractivity (Wildman–Crippen MR) is 113 cm³/mol. The largest absolute Gasteiger partial charge is 0.462 e. The first-order valence-electron chi connectivity index (χ1n) is 9.34. The van der Waals surface area contributed by atoms with Gasteiger partial charge in [-0.15, -0.1) is 11.3 Å². The molecule has 0 radical (unpaired) electrons. The molecule has 4 aromatic rings. The number of amides is 1. The second kappa shape index (κ2) is 8.07. The zero-order valence-electron chi connectivity index (χ0n) is 16.7. The van der Waals surface area contributed by atoms with Crippen molar-refractivity contribution in [1.29, 1.82) is 0 Å². The maximum atomic E-state index is 12.7. The number of carbonyl (C=O) groups excluding carboxylic acids is 2. The molecule has 0 aliphatic rings. The van der Waals surface area contributed by atoms with Gasteiger partial charge >= 0.3 is 5.97 Å². The summed E-state index contributed by atoms with van der Waals surface area (Å²) in [5.74, 6) is -0.612. The summed E-state index contributed by atoms with van der Waals surface area (Å²) in [5.41, 5.74) is 2.66. The molecule has 0 atom stereocenters. The summed E-state index contributed by atoms with van der Waals surface area (Å²) in [4.78, 5) is 30.4. The maximum absolute atomic E-state index is 12.7. The third-order valence-electron chi connectivity index (χ3n) is 4.58. The lowest BCUT2D eigenvalue weighted by atomic mass is 10.1. The number of thiophene rings is 1. The van der Waals surface area contributed by atoms with Gasteiger partial charge in [0.2, 0.25) is 5.91 Å². The number of aryl methyl sites for hydroxylation is 2. The number of pyridine rings is 1. The summed E-state index contributed by atoms with van der Waals surface area (Å²) in [5, 5.41) is 14.2. The van der Waals surface area contributed by atoms with E-state index in [1.807, 2.05) is 30.5 Å². The van der Waals surface area contributed by atoms with Crippen molar-refractivity contribution < 1.29 is 14.3 Å². The molecule has 0 aromatic carbocycles. The Bertz CT molecular complexity index is 1230. The van der Waals surface area contributed by atoms with Gasteiger partial charge in [0.05, 0.1) is 23.9 Å². The summed E-state index contributed by atoms with van der Waals surface area (Å²) in [6, 6.07) is 5.99. The topological polar surface area (TPSA) is 104 Å². The van der Waals surface area contributed by atoms with Gasteiger partial charge in [-0.1, -0.05) is 6.07 Å². The fourth-order valence-electron chi connectivity index (χ4n) is 3.28. The Hall–Kier alpha value is -3.53. The van der Waals surface area contributed by atoms with Gasteiger partial charge in [0, 0.05) is 23.7 Å². The molecule has 0 saturated heterocycles. The van der Waals surface area contributed by atoms with Crippen LogP contribution in [-0.2, 0) is 23.1 Å². The molecule has 0 fully saturated rings. The van der Waals surface area contributed by atoms with E-state index in [0.717, 1.165) is 21.5 Å². The second-order valence-electron chi connectivity index (χ2n) is 6.58. The van der Waals surface area contributed by atoms with Crippen molar-refractivity contribution in [3.63, 3.8) is 0 Å². The summed E-state index contributed by atoms with van der Waals surface area (Å²) < 4.78 is 8.01. The molecule has 4 rings (SSSR count). The molecule has 0 saturated carbocycles. The standard InChI is InChI=1S/C20H20N6O3S/c1-4-29-20(28)14-10-22-25(3)18(14)23-16(27)11-26-19-17(12(2)24-26)13(7-8-21-19)15-6-5-9-30-15/h5-10H,4,11H2,1-3H3,(H,23,27). The van der Waals surface area contributed by atoms with Crippen LogP contribution in [0.1, 0.15) is 23.0 Å². The van der Waals surface area contributed by atoms with E-state index < -0.39 is 5.97 Å². The zero-order valence-corrected chi connectivity index (χ0v) is 17.6. The number of carbonyl (C=O) groups is 2. The summed E-state index contributed by atoms with van der Waals surface area (Å²) >= 11 is 1.64. The molecule has 0 spiro atoms. The van der Waals surface area contributed by atoms with Crippen LogP contribution in [0.3, 0.4) is 0 Å². The molecule has 1 amide bonds. The SMILES string of the molecule is CCOC(=O)c1cnn(C)c1NC(=O)Cn1nc(C)c2c(-c3cccs3)ccnc21. The molecule has 9 nitrogen and oxygen atoms in total. The van der Waals surface area contributed by atoms with E-state index >= 15 is 0 Å². The number of aromatic nitrogens is 5. The van der Waals surface area contributed by atoms with E-state index in [2.05, 4.69) is 20.5 Å². The summed E-state index contributed by atoms with van der Waals surface area (Å²) in [6.45, 7) is 3.79. The fourth-order valence-corrected chi connectivity index (χ4v) is 4.04. The van der Waals surface area contributed by atoms with Gasteiger partial charge in [0.25, 0.3) is 0 Å². The highest BCUT2D eigenvalue weighted by atomic mass is 32.1. The number of ether oxygens (including phenoxy) is 1. The van der Waals surface area contributed by atoms with Crippen LogP contribution in [0, 0.1) is 6.92 Å². The quantitative estimate of drug-likeness (QED) is 0.477. The van der Waals surface area contributed by atoms with E-state index in [1.165, 1.54) is 10.9 Å². The first-order chi connectivity index (χ1) is 14.5. The third-order valence-corrected chi connectivity index (χ3v) is 5.48. The number of fused-ring (bicyclic) bond motifs is 1. The van der Waals surface area contributed by atoms with Crippen LogP contribution in [0.5, 0.6) is 0 Å². The molecule has 1 N–H and O–H groups in total. The van der Waals surface area contributed by atoms with Crippen molar-refractivity contribution in [3.8, 4) is 10.4 Å². The second-order valence-corrected chi connectivity index (χ2v) is 7.52. The van der Waals surface area contributed by atoms with Crippen LogP contribution in [0.15, 0.2) is 36.0 Å². The van der Waals surface area contributed by atoms with E-state index in [9.17, 15) is 9.59 Å². The Morgan fingerprint density at radius 2 is 2.13 bits per heavy atom. The number of hydrogen-bond acceptors (Lipinski definition) is 7. The lowest BCUT2D eigenvalue weighted by Gasteiger charge is -2.09. The van der Waals surface area contributed by atoms with Crippen molar-refractivity contribution in [3.05, 3.63) is 47.2 Å². The normalized spacial score (nSPS) is 11.0. The number of nitrogens with zero attached hydrogens (tertiary/aromatic N) is 5. The van der Waals surface area contributed by atoms with Gasteiger partial charge in [-0.25, -0.2) is 14.5 Å². The van der Waals surface area contributed by atoms with Crippen LogP contribution >= 0.6 is 11.3 Å². The smallest absolute Gasteiger partial charge is 0.343 e. The maximum Gasteiger partial charge on any atom is 0.343 e.